The zero-order valence-corrected chi connectivity index (χ0v) is 19.5. The van der Waals surface area contributed by atoms with E-state index in [1.54, 1.807) is 0 Å². The van der Waals surface area contributed by atoms with Crippen molar-refractivity contribution < 1.29 is 9.90 Å². The molecular weight excluding hydrogens is 376 g/mol. The summed E-state index contributed by atoms with van der Waals surface area (Å²) in [6.07, 6.45) is 22.1. The average Bonchev–Trinajstić information content (AvgIpc) is 2.73. The van der Waals surface area contributed by atoms with Gasteiger partial charge in [-0.1, -0.05) is 128 Å². The highest BCUT2D eigenvalue weighted by Gasteiger charge is 2.11. The standard InChI is InChI=1S/C26H44O2S/c1-2-3-4-5-6-7-8-9-10-11-12-13-14-15-16-20-23-25(26(27)28)29-24-21-18-17-19-22-24/h17-19,21-22,25H,2-16,20,23H2,1H3,(H,27,28)/p-1. The lowest BCUT2D eigenvalue weighted by Gasteiger charge is -2.17. The molecule has 2 nitrogen and oxygen atoms in total. The molecule has 29 heavy (non-hydrogen) atoms. The fraction of sp³-hybridized carbons (Fsp3) is 0.731. The van der Waals surface area contributed by atoms with Crippen molar-refractivity contribution in [3.8, 4) is 0 Å². The van der Waals surface area contributed by atoms with E-state index in [9.17, 15) is 9.90 Å². The molecule has 0 fully saturated rings. The fourth-order valence-corrected chi connectivity index (χ4v) is 4.79. The molecule has 166 valence electrons. The third-order valence-corrected chi connectivity index (χ3v) is 6.86. The largest absolute Gasteiger partial charge is 0.549 e. The van der Waals surface area contributed by atoms with Crippen molar-refractivity contribution in [3.05, 3.63) is 30.3 Å². The Labute approximate surface area is 184 Å². The lowest BCUT2D eigenvalue weighted by Crippen LogP contribution is -2.33. The topological polar surface area (TPSA) is 40.1 Å². The van der Waals surface area contributed by atoms with Crippen molar-refractivity contribution >= 4 is 17.7 Å². The van der Waals surface area contributed by atoms with Crippen LogP contribution in [0.4, 0.5) is 0 Å². The Hall–Kier alpha value is -0.960. The summed E-state index contributed by atoms with van der Waals surface area (Å²) < 4.78 is 0. The summed E-state index contributed by atoms with van der Waals surface area (Å²) in [6.45, 7) is 2.28. The number of carbonyl (C=O) groups excluding carboxylic acids is 1. The van der Waals surface area contributed by atoms with Gasteiger partial charge in [-0.05, 0) is 18.6 Å². The van der Waals surface area contributed by atoms with Crippen LogP contribution < -0.4 is 5.11 Å². The predicted octanol–water partition coefficient (Wildman–Crippen LogP) is 7.55. The van der Waals surface area contributed by atoms with Crippen LogP contribution in [0.1, 0.15) is 116 Å². The van der Waals surface area contributed by atoms with Crippen LogP contribution in [0, 0.1) is 0 Å². The molecule has 0 N–H and O–H groups in total. The van der Waals surface area contributed by atoms with Crippen LogP contribution in [0.3, 0.4) is 0 Å². The first-order valence-corrected chi connectivity index (χ1v) is 13.0. The van der Waals surface area contributed by atoms with Crippen molar-refractivity contribution in [1.29, 1.82) is 0 Å². The second-order valence-electron chi connectivity index (χ2n) is 8.33. The summed E-state index contributed by atoms with van der Waals surface area (Å²) in [4.78, 5) is 12.4. The van der Waals surface area contributed by atoms with Crippen molar-refractivity contribution in [2.24, 2.45) is 0 Å². The maximum atomic E-state index is 11.4. The number of aliphatic carboxylic acids is 1. The third-order valence-electron chi connectivity index (χ3n) is 5.60. The minimum Gasteiger partial charge on any atom is -0.549 e. The molecule has 1 unspecified atom stereocenters. The van der Waals surface area contributed by atoms with Gasteiger partial charge in [0.15, 0.2) is 0 Å². The second-order valence-corrected chi connectivity index (χ2v) is 9.61. The Balaban J connectivity index is 1.88. The second kappa shape index (κ2) is 19.0. The van der Waals surface area contributed by atoms with Gasteiger partial charge in [0.05, 0.1) is 5.97 Å². The Morgan fingerprint density at radius 2 is 1.14 bits per heavy atom. The number of hydrogen-bond acceptors (Lipinski definition) is 3. The molecule has 0 aliphatic heterocycles. The van der Waals surface area contributed by atoms with Crippen LogP contribution in [0.5, 0.6) is 0 Å². The van der Waals surface area contributed by atoms with E-state index in [1.165, 1.54) is 102 Å². The van der Waals surface area contributed by atoms with E-state index in [1.807, 2.05) is 30.3 Å². The lowest BCUT2D eigenvalue weighted by molar-refractivity contribution is -0.304. The van der Waals surface area contributed by atoms with Gasteiger partial charge >= 0.3 is 0 Å². The van der Waals surface area contributed by atoms with Crippen LogP contribution in [-0.4, -0.2) is 11.2 Å². The zero-order chi connectivity index (χ0) is 21.0. The Bertz CT molecular complexity index is 489. The van der Waals surface area contributed by atoms with Gasteiger partial charge in [-0.2, -0.15) is 0 Å². The summed E-state index contributed by atoms with van der Waals surface area (Å²) in [5.74, 6) is -0.931. The van der Waals surface area contributed by atoms with E-state index in [4.69, 9.17) is 0 Å². The van der Waals surface area contributed by atoms with Gasteiger partial charge in [0.2, 0.25) is 0 Å². The van der Waals surface area contributed by atoms with Gasteiger partial charge in [-0.15, -0.1) is 11.8 Å². The van der Waals surface area contributed by atoms with Crippen molar-refractivity contribution in [3.63, 3.8) is 0 Å². The first-order valence-electron chi connectivity index (χ1n) is 12.2. The van der Waals surface area contributed by atoms with E-state index in [0.717, 1.165) is 17.7 Å². The molecule has 0 amide bonds. The summed E-state index contributed by atoms with van der Waals surface area (Å²) in [5, 5.41) is 10.9. The molecule has 0 saturated carbocycles. The van der Waals surface area contributed by atoms with Crippen molar-refractivity contribution in [2.75, 3.05) is 0 Å². The molecule has 1 aromatic rings. The summed E-state index contributed by atoms with van der Waals surface area (Å²) in [6, 6.07) is 9.78. The van der Waals surface area contributed by atoms with Gasteiger partial charge in [-0.3, -0.25) is 0 Å². The molecule has 0 bridgehead atoms. The van der Waals surface area contributed by atoms with E-state index in [2.05, 4.69) is 6.92 Å². The lowest BCUT2D eigenvalue weighted by atomic mass is 10.0. The number of carbonyl (C=O) groups is 1. The van der Waals surface area contributed by atoms with Crippen molar-refractivity contribution in [2.45, 2.75) is 126 Å². The number of hydrogen-bond donors (Lipinski definition) is 0. The Kier molecular flexibility index (Phi) is 17.1. The molecule has 1 atom stereocenters. The summed E-state index contributed by atoms with van der Waals surface area (Å²) >= 11 is 1.42. The molecule has 0 radical (unpaired) electrons. The normalized spacial score (nSPS) is 12.2. The van der Waals surface area contributed by atoms with Crippen LogP contribution in [0.15, 0.2) is 35.2 Å². The number of carboxylic acid groups (broad SMARTS) is 1. The molecule has 0 heterocycles. The minimum absolute atomic E-state index is 0.427. The molecule has 1 rings (SSSR count). The average molecular weight is 420 g/mol. The maximum Gasteiger partial charge on any atom is 0.0548 e. The molecule has 0 spiro atoms. The number of benzene rings is 1. The highest BCUT2D eigenvalue weighted by molar-refractivity contribution is 8.00. The van der Waals surface area contributed by atoms with Gasteiger partial charge in [0, 0.05) is 10.1 Å². The van der Waals surface area contributed by atoms with Crippen LogP contribution in [0.2, 0.25) is 0 Å². The maximum absolute atomic E-state index is 11.4. The molecule has 3 heteroatoms. The smallest absolute Gasteiger partial charge is 0.0548 e. The molecule has 0 aliphatic rings. The number of thioether (sulfide) groups is 1. The highest BCUT2D eigenvalue weighted by Crippen LogP contribution is 2.26. The molecule has 0 aliphatic carbocycles. The zero-order valence-electron chi connectivity index (χ0n) is 18.7. The first-order chi connectivity index (χ1) is 14.2. The van der Waals surface area contributed by atoms with Crippen LogP contribution in [0.25, 0.3) is 0 Å². The molecule has 0 aromatic heterocycles. The monoisotopic (exact) mass is 419 g/mol. The Morgan fingerprint density at radius 1 is 0.724 bits per heavy atom. The van der Waals surface area contributed by atoms with E-state index < -0.39 is 11.2 Å². The Morgan fingerprint density at radius 3 is 1.55 bits per heavy atom. The van der Waals surface area contributed by atoms with E-state index >= 15 is 0 Å². The van der Waals surface area contributed by atoms with E-state index in [-0.39, 0.29) is 0 Å². The number of unbranched alkanes of at least 4 members (excludes halogenated alkanes) is 15. The third kappa shape index (κ3) is 15.5. The summed E-state index contributed by atoms with van der Waals surface area (Å²) in [5.41, 5.74) is 0. The quantitative estimate of drug-likeness (QED) is 0.162. The number of carboxylic acids is 1. The highest BCUT2D eigenvalue weighted by atomic mass is 32.2. The minimum atomic E-state index is -0.931. The fourth-order valence-electron chi connectivity index (χ4n) is 3.77. The number of rotatable bonds is 20. The molecule has 0 saturated heterocycles. The van der Waals surface area contributed by atoms with Gasteiger partial charge < -0.3 is 9.90 Å². The van der Waals surface area contributed by atoms with Crippen LogP contribution >= 0.6 is 11.8 Å². The van der Waals surface area contributed by atoms with Gasteiger partial charge in [0.1, 0.15) is 0 Å². The predicted molar refractivity (Wildman–Crippen MR) is 125 cm³/mol. The van der Waals surface area contributed by atoms with Gasteiger partial charge in [-0.25, -0.2) is 0 Å². The first kappa shape index (κ1) is 26.1. The molecule has 1 aromatic carbocycles. The van der Waals surface area contributed by atoms with Crippen LogP contribution in [-0.2, 0) is 4.79 Å². The molecular formula is C26H43O2S-. The SMILES string of the molecule is CCCCCCCCCCCCCCCCCCC(Sc1ccccc1)C(=O)[O-]. The van der Waals surface area contributed by atoms with Crippen molar-refractivity contribution in [1.82, 2.24) is 0 Å². The van der Waals surface area contributed by atoms with E-state index in [0.29, 0.717) is 6.42 Å². The summed E-state index contributed by atoms with van der Waals surface area (Å²) in [7, 11) is 0. The van der Waals surface area contributed by atoms with Gasteiger partial charge in [0.25, 0.3) is 0 Å².